The Kier molecular flexibility index (Phi) is 4.89. The van der Waals surface area contributed by atoms with E-state index in [4.69, 9.17) is 17.3 Å². The average Bonchev–Trinajstić information content (AvgIpc) is 2.13. The highest BCUT2D eigenvalue weighted by Gasteiger charge is 2.05. The van der Waals surface area contributed by atoms with E-state index in [2.05, 4.69) is 20.8 Å². The molecule has 0 bridgehead atoms. The molecule has 0 unspecified atom stereocenters. The van der Waals surface area contributed by atoms with Gasteiger partial charge in [-0.3, -0.25) is 0 Å². The maximum Gasteiger partial charge on any atom is 0.0593 e. The van der Waals surface area contributed by atoms with Crippen LogP contribution in [0.3, 0.4) is 0 Å². The number of hydrogen-bond acceptors (Lipinski definition) is 2. The highest BCUT2D eigenvalue weighted by Crippen LogP contribution is 2.26. The quantitative estimate of drug-likeness (QED) is 0.916. The second-order valence-electron chi connectivity index (χ2n) is 3.24. The lowest BCUT2D eigenvalue weighted by molar-refractivity contribution is 0.336. The minimum Gasteiger partial charge on any atom is -0.329 e. The van der Waals surface area contributed by atoms with Crippen molar-refractivity contribution in [2.24, 2.45) is 5.73 Å². The van der Waals surface area contributed by atoms with Gasteiger partial charge in [-0.1, -0.05) is 23.7 Å². The van der Waals surface area contributed by atoms with Crippen molar-refractivity contribution < 1.29 is 0 Å². The molecule has 1 rings (SSSR count). The van der Waals surface area contributed by atoms with E-state index in [0.717, 1.165) is 28.1 Å². The Morgan fingerprint density at radius 3 is 2.86 bits per heavy atom. The van der Waals surface area contributed by atoms with E-state index in [-0.39, 0.29) is 0 Å². The zero-order chi connectivity index (χ0) is 10.6. The summed E-state index contributed by atoms with van der Waals surface area (Å²) < 4.78 is 0.942. The molecule has 4 heteroatoms. The summed E-state index contributed by atoms with van der Waals surface area (Å²) in [6.45, 7) is 2.38. The molecular weight excluding hydrogens is 263 g/mol. The first-order valence-corrected chi connectivity index (χ1v) is 5.63. The van der Waals surface area contributed by atoms with Crippen LogP contribution in [0.15, 0.2) is 22.7 Å². The van der Waals surface area contributed by atoms with Gasteiger partial charge in [0.1, 0.15) is 0 Å². The Hall–Kier alpha value is -0.0900. The molecular formula is C10H14BrClN2. The molecule has 0 atom stereocenters. The van der Waals surface area contributed by atoms with Crippen LogP contribution in [0.4, 0.5) is 0 Å². The molecule has 0 spiro atoms. The fourth-order valence-corrected chi connectivity index (χ4v) is 1.85. The Morgan fingerprint density at radius 1 is 1.50 bits per heavy atom. The molecule has 0 amide bonds. The number of benzene rings is 1. The van der Waals surface area contributed by atoms with Crippen LogP contribution in [0.25, 0.3) is 0 Å². The van der Waals surface area contributed by atoms with Crippen LogP contribution in [-0.2, 0) is 6.54 Å². The van der Waals surface area contributed by atoms with E-state index >= 15 is 0 Å². The fourth-order valence-electron chi connectivity index (χ4n) is 1.26. The molecule has 1 aromatic carbocycles. The molecule has 0 aliphatic rings. The number of rotatable bonds is 4. The normalized spacial score (nSPS) is 10.9. The third-order valence-corrected chi connectivity index (χ3v) is 3.32. The van der Waals surface area contributed by atoms with Crippen LogP contribution in [0, 0.1) is 0 Å². The molecule has 0 fully saturated rings. The van der Waals surface area contributed by atoms with Gasteiger partial charge in [-0.2, -0.15) is 0 Å². The highest BCUT2D eigenvalue weighted by molar-refractivity contribution is 9.10. The summed E-state index contributed by atoms with van der Waals surface area (Å²) in [4.78, 5) is 2.15. The summed E-state index contributed by atoms with van der Waals surface area (Å²) >= 11 is 9.53. The number of hydrogen-bond donors (Lipinski definition) is 1. The zero-order valence-electron chi connectivity index (χ0n) is 8.13. The van der Waals surface area contributed by atoms with Crippen molar-refractivity contribution >= 4 is 27.5 Å². The number of nitrogens with two attached hydrogens (primary N) is 1. The van der Waals surface area contributed by atoms with Crippen LogP contribution in [-0.4, -0.2) is 25.0 Å². The van der Waals surface area contributed by atoms with Gasteiger partial charge in [-0.05, 0) is 34.6 Å². The van der Waals surface area contributed by atoms with E-state index in [1.165, 1.54) is 0 Å². The summed E-state index contributed by atoms with van der Waals surface area (Å²) in [5.41, 5.74) is 6.59. The lowest BCUT2D eigenvalue weighted by Gasteiger charge is -2.16. The van der Waals surface area contributed by atoms with Gasteiger partial charge >= 0.3 is 0 Å². The van der Waals surface area contributed by atoms with E-state index in [9.17, 15) is 0 Å². The Labute approximate surface area is 98.2 Å². The standard InChI is InChI=1S/C10H14BrClN2/c1-14(6-5-13)7-8-3-2-4-9(11)10(8)12/h2-4H,5-7,13H2,1H3. The van der Waals surface area contributed by atoms with Crippen LogP contribution in [0.2, 0.25) is 5.02 Å². The Morgan fingerprint density at radius 2 is 2.21 bits per heavy atom. The van der Waals surface area contributed by atoms with Crippen LogP contribution >= 0.6 is 27.5 Å². The average molecular weight is 278 g/mol. The van der Waals surface area contributed by atoms with Crippen molar-refractivity contribution in [2.45, 2.75) is 6.54 Å². The van der Waals surface area contributed by atoms with E-state index in [1.807, 2.05) is 25.2 Å². The van der Waals surface area contributed by atoms with Gasteiger partial charge in [-0.25, -0.2) is 0 Å². The first kappa shape index (κ1) is 12.0. The lowest BCUT2D eigenvalue weighted by Crippen LogP contribution is -2.25. The van der Waals surface area contributed by atoms with Crippen molar-refractivity contribution in [1.82, 2.24) is 4.90 Å². The zero-order valence-corrected chi connectivity index (χ0v) is 10.5. The van der Waals surface area contributed by atoms with Crippen molar-refractivity contribution in [3.8, 4) is 0 Å². The van der Waals surface area contributed by atoms with Gasteiger partial charge in [-0.15, -0.1) is 0 Å². The highest BCUT2D eigenvalue weighted by atomic mass is 79.9. The summed E-state index contributed by atoms with van der Waals surface area (Å²) in [5.74, 6) is 0. The summed E-state index contributed by atoms with van der Waals surface area (Å²) in [7, 11) is 2.03. The minimum absolute atomic E-state index is 0.669. The van der Waals surface area contributed by atoms with Gasteiger partial charge < -0.3 is 10.6 Å². The predicted octanol–water partition coefficient (Wildman–Crippen LogP) is 2.49. The van der Waals surface area contributed by atoms with Gasteiger partial charge in [0.05, 0.1) is 5.02 Å². The number of likely N-dealkylation sites (N-methyl/N-ethyl adjacent to an activating group) is 1. The van der Waals surface area contributed by atoms with Crippen LogP contribution < -0.4 is 5.73 Å². The Bertz CT molecular complexity index is 304. The maximum absolute atomic E-state index is 6.13. The molecule has 0 aliphatic heterocycles. The van der Waals surface area contributed by atoms with Crippen molar-refractivity contribution in [2.75, 3.05) is 20.1 Å². The lowest BCUT2D eigenvalue weighted by atomic mass is 10.2. The van der Waals surface area contributed by atoms with Crippen LogP contribution in [0.1, 0.15) is 5.56 Å². The molecule has 0 aromatic heterocycles. The summed E-state index contributed by atoms with van der Waals surface area (Å²) in [6.07, 6.45) is 0. The second-order valence-corrected chi connectivity index (χ2v) is 4.47. The second kappa shape index (κ2) is 5.71. The summed E-state index contributed by atoms with van der Waals surface area (Å²) in [6, 6.07) is 5.95. The molecule has 0 saturated heterocycles. The van der Waals surface area contributed by atoms with Crippen LogP contribution in [0.5, 0.6) is 0 Å². The van der Waals surface area contributed by atoms with Gasteiger partial charge in [0.25, 0.3) is 0 Å². The molecule has 0 saturated carbocycles. The van der Waals surface area contributed by atoms with Gasteiger partial charge in [0.2, 0.25) is 0 Å². The smallest absolute Gasteiger partial charge is 0.0593 e. The largest absolute Gasteiger partial charge is 0.329 e. The Balaban J connectivity index is 2.71. The monoisotopic (exact) mass is 276 g/mol. The number of halogens is 2. The first-order valence-electron chi connectivity index (χ1n) is 4.46. The third-order valence-electron chi connectivity index (χ3n) is 1.98. The fraction of sp³-hybridized carbons (Fsp3) is 0.400. The van der Waals surface area contributed by atoms with E-state index < -0.39 is 0 Å². The number of nitrogens with zero attached hydrogens (tertiary/aromatic N) is 1. The predicted molar refractivity (Wildman–Crippen MR) is 64.5 cm³/mol. The molecule has 0 radical (unpaired) electrons. The topological polar surface area (TPSA) is 29.3 Å². The van der Waals surface area contributed by atoms with E-state index in [0.29, 0.717) is 6.54 Å². The van der Waals surface area contributed by atoms with Crippen molar-refractivity contribution in [1.29, 1.82) is 0 Å². The molecule has 14 heavy (non-hydrogen) atoms. The van der Waals surface area contributed by atoms with Gasteiger partial charge in [0, 0.05) is 24.1 Å². The van der Waals surface area contributed by atoms with E-state index in [1.54, 1.807) is 0 Å². The molecule has 78 valence electrons. The van der Waals surface area contributed by atoms with Crippen molar-refractivity contribution in [3.63, 3.8) is 0 Å². The molecule has 2 N–H and O–H groups in total. The first-order chi connectivity index (χ1) is 6.65. The molecule has 1 aromatic rings. The minimum atomic E-state index is 0.669. The molecule has 0 heterocycles. The molecule has 0 aliphatic carbocycles. The SMILES string of the molecule is CN(CCN)Cc1cccc(Br)c1Cl. The van der Waals surface area contributed by atoms with Gasteiger partial charge in [0.15, 0.2) is 0 Å². The third kappa shape index (κ3) is 3.24. The molecule has 2 nitrogen and oxygen atoms in total. The summed E-state index contributed by atoms with van der Waals surface area (Å²) in [5, 5.41) is 0.788. The maximum atomic E-state index is 6.13. The van der Waals surface area contributed by atoms with Crippen molar-refractivity contribution in [3.05, 3.63) is 33.3 Å².